The predicted octanol–water partition coefficient (Wildman–Crippen LogP) is 3.02. The van der Waals surface area contributed by atoms with E-state index < -0.39 is 0 Å². The summed E-state index contributed by atoms with van der Waals surface area (Å²) in [4.78, 5) is 13.0. The highest BCUT2D eigenvalue weighted by atomic mass is 32.2. The lowest BCUT2D eigenvalue weighted by atomic mass is 10.1. The Hall–Kier alpha value is -1.22. The average Bonchev–Trinajstić information content (AvgIpc) is 2.30. The maximum atomic E-state index is 11.9. The highest BCUT2D eigenvalue weighted by molar-refractivity contribution is 7.98. The SMILES string of the molecule is C=CCCNC(=O)c1cc(SC)ccc1C. The van der Waals surface area contributed by atoms with Crippen molar-refractivity contribution >= 4 is 17.7 Å². The molecule has 0 spiro atoms. The van der Waals surface area contributed by atoms with Crippen molar-refractivity contribution in [1.29, 1.82) is 0 Å². The molecule has 86 valence electrons. The summed E-state index contributed by atoms with van der Waals surface area (Å²) in [7, 11) is 0. The summed E-state index contributed by atoms with van der Waals surface area (Å²) in [6.07, 6.45) is 4.60. The van der Waals surface area contributed by atoms with Crippen LogP contribution >= 0.6 is 11.8 Å². The summed E-state index contributed by atoms with van der Waals surface area (Å²) < 4.78 is 0. The first-order valence-corrected chi connectivity index (χ1v) is 6.45. The third-order valence-electron chi connectivity index (χ3n) is 2.32. The Labute approximate surface area is 101 Å². The molecule has 0 saturated heterocycles. The molecule has 0 saturated carbocycles. The van der Waals surface area contributed by atoms with Crippen molar-refractivity contribution in [1.82, 2.24) is 5.32 Å². The Morgan fingerprint density at radius 3 is 2.94 bits per heavy atom. The van der Waals surface area contributed by atoms with E-state index in [1.165, 1.54) is 0 Å². The molecule has 0 aromatic heterocycles. The van der Waals surface area contributed by atoms with E-state index in [4.69, 9.17) is 0 Å². The van der Waals surface area contributed by atoms with Crippen LogP contribution in [0.3, 0.4) is 0 Å². The van der Waals surface area contributed by atoms with Gasteiger partial charge in [0, 0.05) is 17.0 Å². The van der Waals surface area contributed by atoms with E-state index in [0.29, 0.717) is 6.54 Å². The third kappa shape index (κ3) is 3.42. The molecule has 0 fully saturated rings. The van der Waals surface area contributed by atoms with Crippen LogP contribution in [0.2, 0.25) is 0 Å². The first-order chi connectivity index (χ1) is 7.69. The molecule has 0 atom stereocenters. The largest absolute Gasteiger partial charge is 0.352 e. The molecule has 0 aliphatic rings. The highest BCUT2D eigenvalue weighted by Crippen LogP contribution is 2.18. The lowest BCUT2D eigenvalue weighted by Gasteiger charge is -2.08. The molecule has 0 aliphatic heterocycles. The summed E-state index contributed by atoms with van der Waals surface area (Å²) in [6.45, 7) is 6.22. The second-order valence-corrected chi connectivity index (χ2v) is 4.39. The standard InChI is InChI=1S/C13H17NOS/c1-4-5-8-14-13(15)12-9-11(16-3)7-6-10(12)2/h4,6-7,9H,1,5,8H2,2-3H3,(H,14,15). The van der Waals surface area contributed by atoms with Gasteiger partial charge in [-0.25, -0.2) is 0 Å². The summed E-state index contributed by atoms with van der Waals surface area (Å²) in [5, 5.41) is 2.87. The van der Waals surface area contributed by atoms with Crippen LogP contribution in [0.4, 0.5) is 0 Å². The topological polar surface area (TPSA) is 29.1 Å². The minimum Gasteiger partial charge on any atom is -0.352 e. The van der Waals surface area contributed by atoms with Gasteiger partial charge in [-0.15, -0.1) is 18.3 Å². The van der Waals surface area contributed by atoms with Crippen molar-refractivity contribution in [2.45, 2.75) is 18.2 Å². The summed E-state index contributed by atoms with van der Waals surface area (Å²) >= 11 is 1.64. The van der Waals surface area contributed by atoms with Gasteiger partial charge in [-0.1, -0.05) is 12.1 Å². The van der Waals surface area contributed by atoms with Crippen LogP contribution in [-0.2, 0) is 0 Å². The van der Waals surface area contributed by atoms with Crippen LogP contribution in [-0.4, -0.2) is 18.7 Å². The first-order valence-electron chi connectivity index (χ1n) is 5.22. The summed E-state index contributed by atoms with van der Waals surface area (Å²) in [6, 6.07) is 5.94. The van der Waals surface area contributed by atoms with Gasteiger partial charge in [0.25, 0.3) is 5.91 Å². The number of thioether (sulfide) groups is 1. The van der Waals surface area contributed by atoms with Crippen molar-refractivity contribution in [3.8, 4) is 0 Å². The van der Waals surface area contributed by atoms with Gasteiger partial charge < -0.3 is 5.32 Å². The minimum atomic E-state index is -0.00440. The molecule has 0 bridgehead atoms. The number of carbonyl (C=O) groups excluding carboxylic acids is 1. The molecule has 0 heterocycles. The van der Waals surface area contributed by atoms with Crippen LogP contribution in [0.25, 0.3) is 0 Å². The summed E-state index contributed by atoms with van der Waals surface area (Å²) in [5.74, 6) is -0.00440. The molecule has 0 radical (unpaired) electrons. The van der Waals surface area contributed by atoms with Crippen LogP contribution in [0.15, 0.2) is 35.7 Å². The molecule has 1 rings (SSSR count). The quantitative estimate of drug-likeness (QED) is 0.483. The Bertz CT molecular complexity index is 388. The monoisotopic (exact) mass is 235 g/mol. The predicted molar refractivity (Wildman–Crippen MR) is 70.1 cm³/mol. The molecule has 0 unspecified atom stereocenters. The smallest absolute Gasteiger partial charge is 0.251 e. The van der Waals surface area contributed by atoms with E-state index in [2.05, 4.69) is 11.9 Å². The Morgan fingerprint density at radius 2 is 2.31 bits per heavy atom. The van der Waals surface area contributed by atoms with Crippen LogP contribution < -0.4 is 5.32 Å². The van der Waals surface area contributed by atoms with E-state index >= 15 is 0 Å². The number of rotatable bonds is 5. The van der Waals surface area contributed by atoms with Gasteiger partial charge in [0.15, 0.2) is 0 Å². The number of aryl methyl sites for hydroxylation is 1. The average molecular weight is 235 g/mol. The number of benzene rings is 1. The fourth-order valence-electron chi connectivity index (χ4n) is 1.36. The van der Waals surface area contributed by atoms with E-state index in [1.54, 1.807) is 17.8 Å². The number of hydrogen-bond donors (Lipinski definition) is 1. The van der Waals surface area contributed by atoms with Crippen molar-refractivity contribution in [3.63, 3.8) is 0 Å². The van der Waals surface area contributed by atoms with Gasteiger partial charge in [-0.3, -0.25) is 4.79 Å². The van der Waals surface area contributed by atoms with Crippen LogP contribution in [0.5, 0.6) is 0 Å². The van der Waals surface area contributed by atoms with Crippen LogP contribution in [0, 0.1) is 6.92 Å². The molecular weight excluding hydrogens is 218 g/mol. The van der Waals surface area contributed by atoms with E-state index in [1.807, 2.05) is 31.4 Å². The second kappa shape index (κ2) is 6.38. The fraction of sp³-hybridized carbons (Fsp3) is 0.308. The van der Waals surface area contributed by atoms with Gasteiger partial charge in [0.05, 0.1) is 0 Å². The number of amides is 1. The van der Waals surface area contributed by atoms with Gasteiger partial charge in [0.2, 0.25) is 0 Å². The zero-order valence-corrected chi connectivity index (χ0v) is 10.6. The molecule has 0 aliphatic carbocycles. The van der Waals surface area contributed by atoms with Gasteiger partial charge >= 0.3 is 0 Å². The molecular formula is C13H17NOS. The van der Waals surface area contributed by atoms with Crippen molar-refractivity contribution in [2.24, 2.45) is 0 Å². The molecule has 1 N–H and O–H groups in total. The maximum Gasteiger partial charge on any atom is 0.251 e. The summed E-state index contributed by atoms with van der Waals surface area (Å²) in [5.41, 5.74) is 1.77. The normalized spacial score (nSPS) is 9.88. The van der Waals surface area contributed by atoms with E-state index in [9.17, 15) is 4.79 Å². The second-order valence-electron chi connectivity index (χ2n) is 3.51. The number of nitrogens with one attached hydrogen (secondary N) is 1. The van der Waals surface area contributed by atoms with Crippen molar-refractivity contribution in [2.75, 3.05) is 12.8 Å². The molecule has 1 aromatic carbocycles. The van der Waals surface area contributed by atoms with Crippen molar-refractivity contribution in [3.05, 3.63) is 42.0 Å². The van der Waals surface area contributed by atoms with Gasteiger partial charge in [-0.05, 0) is 37.3 Å². The molecule has 1 aromatic rings. The van der Waals surface area contributed by atoms with Gasteiger partial charge in [0.1, 0.15) is 0 Å². The fourth-order valence-corrected chi connectivity index (χ4v) is 1.80. The van der Waals surface area contributed by atoms with Crippen LogP contribution in [0.1, 0.15) is 22.3 Å². The van der Waals surface area contributed by atoms with Crippen molar-refractivity contribution < 1.29 is 4.79 Å². The number of hydrogen-bond acceptors (Lipinski definition) is 2. The van der Waals surface area contributed by atoms with Gasteiger partial charge in [-0.2, -0.15) is 0 Å². The Balaban J connectivity index is 2.77. The Morgan fingerprint density at radius 1 is 1.56 bits per heavy atom. The highest BCUT2D eigenvalue weighted by Gasteiger charge is 2.08. The zero-order valence-electron chi connectivity index (χ0n) is 9.75. The molecule has 16 heavy (non-hydrogen) atoms. The van der Waals surface area contributed by atoms with E-state index in [-0.39, 0.29) is 5.91 Å². The molecule has 1 amide bonds. The first kappa shape index (κ1) is 12.8. The molecule has 2 nitrogen and oxygen atoms in total. The lowest BCUT2D eigenvalue weighted by Crippen LogP contribution is -2.24. The zero-order chi connectivity index (χ0) is 12.0. The minimum absolute atomic E-state index is 0.00440. The lowest BCUT2D eigenvalue weighted by molar-refractivity contribution is 0.0953. The van der Waals surface area contributed by atoms with E-state index in [0.717, 1.165) is 22.4 Å². The maximum absolute atomic E-state index is 11.9. The molecule has 3 heteroatoms. The Kier molecular flexibility index (Phi) is 5.12. The third-order valence-corrected chi connectivity index (χ3v) is 3.05. The number of carbonyl (C=O) groups is 1.